The van der Waals surface area contributed by atoms with Crippen LogP contribution in [0.2, 0.25) is 0 Å². The van der Waals surface area contributed by atoms with Crippen molar-refractivity contribution in [3.63, 3.8) is 0 Å². The van der Waals surface area contributed by atoms with Gasteiger partial charge in [-0.05, 0) is 24.1 Å². The summed E-state index contributed by atoms with van der Waals surface area (Å²) < 4.78 is 42.7. The Morgan fingerprint density at radius 2 is 2.00 bits per heavy atom. The predicted molar refractivity (Wildman–Crippen MR) is 96.7 cm³/mol. The zero-order valence-electron chi connectivity index (χ0n) is 14.1. The van der Waals surface area contributed by atoms with Gasteiger partial charge < -0.3 is 9.29 Å². The Balaban J connectivity index is 2.04. The van der Waals surface area contributed by atoms with E-state index in [0.29, 0.717) is 6.42 Å². The maximum absolute atomic E-state index is 14.2. The minimum absolute atomic E-state index is 0.0634. The van der Waals surface area contributed by atoms with Gasteiger partial charge >= 0.3 is 5.97 Å². The molecule has 0 amide bonds. The van der Waals surface area contributed by atoms with Crippen LogP contribution in [0.3, 0.4) is 0 Å². The lowest BCUT2D eigenvalue weighted by molar-refractivity contribution is 0.0600. The number of halogens is 2. The Labute approximate surface area is 159 Å². The maximum Gasteiger partial charge on any atom is 0.337 e. The molecule has 2 aromatic rings. The SMILES string of the molecule is COC(=O)c1ccc(CN(CCC(Cl)c2ccccc2)S(=O)[O-])c(F)c1. The van der Waals surface area contributed by atoms with E-state index in [1.165, 1.54) is 19.2 Å². The minimum atomic E-state index is -2.53. The Morgan fingerprint density at radius 3 is 2.58 bits per heavy atom. The summed E-state index contributed by atoms with van der Waals surface area (Å²) in [4.78, 5) is 11.4. The van der Waals surface area contributed by atoms with Crippen molar-refractivity contribution in [1.82, 2.24) is 4.31 Å². The zero-order chi connectivity index (χ0) is 19.1. The first-order valence-corrected chi connectivity index (χ1v) is 9.29. The van der Waals surface area contributed by atoms with Gasteiger partial charge in [-0.2, -0.15) is 0 Å². The summed E-state index contributed by atoms with van der Waals surface area (Å²) in [6, 6.07) is 13.1. The molecule has 0 aromatic heterocycles. The van der Waals surface area contributed by atoms with Crippen molar-refractivity contribution in [3.8, 4) is 0 Å². The highest BCUT2D eigenvalue weighted by Crippen LogP contribution is 2.25. The topological polar surface area (TPSA) is 69.7 Å². The molecule has 2 aromatic carbocycles. The van der Waals surface area contributed by atoms with Crippen LogP contribution in [0.5, 0.6) is 0 Å². The van der Waals surface area contributed by atoms with Crippen LogP contribution in [0.1, 0.15) is 33.3 Å². The van der Waals surface area contributed by atoms with Crippen LogP contribution in [0, 0.1) is 5.82 Å². The van der Waals surface area contributed by atoms with Crippen molar-refractivity contribution >= 4 is 28.8 Å². The number of hydrogen-bond acceptors (Lipinski definition) is 4. The normalized spacial score (nSPS) is 13.4. The number of methoxy groups -OCH3 is 1. The highest BCUT2D eigenvalue weighted by atomic mass is 35.5. The molecule has 0 N–H and O–H groups in total. The quantitative estimate of drug-likeness (QED) is 0.387. The fourth-order valence-electron chi connectivity index (χ4n) is 2.40. The van der Waals surface area contributed by atoms with Crippen LogP contribution in [-0.4, -0.2) is 32.7 Å². The van der Waals surface area contributed by atoms with Crippen LogP contribution >= 0.6 is 11.6 Å². The smallest absolute Gasteiger partial charge is 0.337 e. The monoisotopic (exact) mass is 398 g/mol. The Kier molecular flexibility index (Phi) is 7.71. The lowest BCUT2D eigenvalue weighted by atomic mass is 10.1. The molecule has 8 heteroatoms. The summed E-state index contributed by atoms with van der Waals surface area (Å²) in [6.45, 7) is -0.0147. The molecular formula is C18H18ClFNO4S-. The van der Waals surface area contributed by atoms with E-state index in [1.807, 2.05) is 30.3 Å². The Morgan fingerprint density at radius 1 is 1.31 bits per heavy atom. The number of carbonyl (C=O) groups excluding carboxylic acids is 1. The Hall–Kier alpha value is -1.80. The van der Waals surface area contributed by atoms with Crippen molar-refractivity contribution in [3.05, 3.63) is 71.0 Å². The second kappa shape index (κ2) is 9.78. The molecular weight excluding hydrogens is 381 g/mol. The molecule has 0 saturated carbocycles. The molecule has 26 heavy (non-hydrogen) atoms. The average Bonchev–Trinajstić information content (AvgIpc) is 2.65. The van der Waals surface area contributed by atoms with Crippen molar-refractivity contribution in [2.24, 2.45) is 0 Å². The third-order valence-corrected chi connectivity index (χ3v) is 5.03. The highest BCUT2D eigenvalue weighted by molar-refractivity contribution is 7.76. The van der Waals surface area contributed by atoms with Crippen LogP contribution in [0.25, 0.3) is 0 Å². The lowest BCUT2D eigenvalue weighted by Gasteiger charge is -2.25. The van der Waals surface area contributed by atoms with Crippen molar-refractivity contribution in [2.45, 2.75) is 18.3 Å². The molecule has 0 aliphatic heterocycles. The standard InChI is InChI=1S/C18H19ClFNO4S/c1-25-18(22)14-7-8-15(17(20)11-14)12-21(26(23)24)10-9-16(19)13-5-3-2-4-6-13/h2-8,11,16H,9-10,12H2,1H3,(H,23,24)/p-1. The third kappa shape index (κ3) is 5.60. The number of esters is 1. The van der Waals surface area contributed by atoms with Gasteiger partial charge in [0.05, 0.1) is 18.1 Å². The molecule has 0 aliphatic rings. The molecule has 0 radical (unpaired) electrons. The molecule has 2 atom stereocenters. The summed E-state index contributed by atoms with van der Waals surface area (Å²) in [5, 5.41) is -0.353. The van der Waals surface area contributed by atoms with E-state index in [1.54, 1.807) is 0 Å². The first-order chi connectivity index (χ1) is 12.4. The van der Waals surface area contributed by atoms with E-state index >= 15 is 0 Å². The summed E-state index contributed by atoms with van der Waals surface area (Å²) in [5.41, 5.74) is 1.11. The fraction of sp³-hybridized carbons (Fsp3) is 0.278. The van der Waals surface area contributed by atoms with Gasteiger partial charge in [0.1, 0.15) is 5.82 Å². The third-order valence-electron chi connectivity index (χ3n) is 3.82. The highest BCUT2D eigenvalue weighted by Gasteiger charge is 2.15. The molecule has 0 heterocycles. The summed E-state index contributed by atoms with van der Waals surface area (Å²) in [6.07, 6.45) is 0.376. The predicted octanol–water partition coefficient (Wildman–Crippen LogP) is 3.58. The molecule has 2 rings (SSSR count). The van der Waals surface area contributed by atoms with Crippen molar-refractivity contribution in [1.29, 1.82) is 0 Å². The van der Waals surface area contributed by atoms with E-state index in [4.69, 9.17) is 11.6 Å². The largest absolute Gasteiger partial charge is 0.760 e. The number of hydrogen-bond donors (Lipinski definition) is 0. The van der Waals surface area contributed by atoms with Crippen molar-refractivity contribution in [2.75, 3.05) is 13.7 Å². The van der Waals surface area contributed by atoms with E-state index in [9.17, 15) is 17.9 Å². The number of rotatable bonds is 8. The molecule has 0 fully saturated rings. The van der Waals surface area contributed by atoms with Gasteiger partial charge in [0.2, 0.25) is 0 Å². The van der Waals surface area contributed by atoms with Gasteiger partial charge in [0, 0.05) is 29.9 Å². The van der Waals surface area contributed by atoms with E-state index in [0.717, 1.165) is 15.9 Å². The fourth-order valence-corrected chi connectivity index (χ4v) is 3.14. The maximum atomic E-state index is 14.2. The number of ether oxygens (including phenoxy) is 1. The first-order valence-electron chi connectivity index (χ1n) is 7.82. The zero-order valence-corrected chi connectivity index (χ0v) is 15.6. The van der Waals surface area contributed by atoms with Crippen LogP contribution in [0.15, 0.2) is 48.5 Å². The summed E-state index contributed by atoms with van der Waals surface area (Å²) >= 11 is 3.77. The Bertz CT molecular complexity index is 775. The molecule has 0 bridgehead atoms. The van der Waals surface area contributed by atoms with Crippen LogP contribution in [0.4, 0.5) is 4.39 Å². The number of nitrogens with zero attached hydrogens (tertiary/aromatic N) is 1. The van der Waals surface area contributed by atoms with Gasteiger partial charge in [-0.15, -0.1) is 11.6 Å². The van der Waals surface area contributed by atoms with Gasteiger partial charge in [-0.25, -0.2) is 13.5 Å². The van der Waals surface area contributed by atoms with Gasteiger partial charge in [0.15, 0.2) is 0 Å². The van der Waals surface area contributed by atoms with E-state index in [-0.39, 0.29) is 29.6 Å². The molecule has 5 nitrogen and oxygen atoms in total. The second-order valence-electron chi connectivity index (χ2n) is 5.55. The second-order valence-corrected chi connectivity index (χ2v) is 7.02. The number of alkyl halides is 1. The number of carbonyl (C=O) groups is 1. The van der Waals surface area contributed by atoms with Gasteiger partial charge in [-0.3, -0.25) is 4.21 Å². The van der Waals surface area contributed by atoms with Crippen LogP contribution < -0.4 is 0 Å². The molecule has 0 saturated heterocycles. The minimum Gasteiger partial charge on any atom is -0.760 e. The molecule has 140 valence electrons. The number of benzene rings is 2. The summed E-state index contributed by atoms with van der Waals surface area (Å²) in [5.74, 6) is -1.33. The van der Waals surface area contributed by atoms with E-state index in [2.05, 4.69) is 4.74 Å². The van der Waals surface area contributed by atoms with Crippen LogP contribution in [-0.2, 0) is 22.5 Å². The molecule has 2 unspecified atom stereocenters. The van der Waals surface area contributed by atoms with Crippen molar-refractivity contribution < 1.29 is 22.7 Å². The first kappa shape index (κ1) is 20.5. The summed E-state index contributed by atoms with van der Waals surface area (Å²) in [7, 11) is 1.20. The molecule has 0 spiro atoms. The van der Waals surface area contributed by atoms with E-state index < -0.39 is 23.1 Å². The van der Waals surface area contributed by atoms with Gasteiger partial charge in [0.25, 0.3) is 0 Å². The lowest BCUT2D eigenvalue weighted by Crippen LogP contribution is -2.27. The molecule has 0 aliphatic carbocycles. The van der Waals surface area contributed by atoms with Gasteiger partial charge in [-0.1, -0.05) is 36.4 Å². The average molecular weight is 399 g/mol.